The minimum Gasteiger partial charge on any atom is -0.478 e. The van der Waals surface area contributed by atoms with Crippen LogP contribution in [-0.4, -0.2) is 21.4 Å². The van der Waals surface area contributed by atoms with Gasteiger partial charge in [-0.15, -0.1) is 6.42 Å². The topological polar surface area (TPSA) is 59.3 Å². The van der Waals surface area contributed by atoms with Crippen molar-refractivity contribution < 1.29 is 14.7 Å². The Balaban J connectivity index is 2.05. The fourth-order valence-electron chi connectivity index (χ4n) is 3.18. The molecule has 1 aromatic heterocycles. The number of fused-ring (bicyclic) bond motifs is 1. The van der Waals surface area contributed by atoms with Crippen molar-refractivity contribution in [1.29, 1.82) is 0 Å². The van der Waals surface area contributed by atoms with Crippen LogP contribution < -0.4 is 0 Å². The first-order chi connectivity index (χ1) is 12.1. The van der Waals surface area contributed by atoms with E-state index < -0.39 is 5.97 Å². The van der Waals surface area contributed by atoms with Crippen LogP contribution in [-0.2, 0) is 17.8 Å². The van der Waals surface area contributed by atoms with Gasteiger partial charge >= 0.3 is 5.97 Å². The molecule has 0 aliphatic carbocycles. The summed E-state index contributed by atoms with van der Waals surface area (Å²) in [7, 11) is 0. The Morgan fingerprint density at radius 1 is 1.28 bits per heavy atom. The second kappa shape index (κ2) is 6.82. The molecule has 1 N–H and O–H groups in total. The summed E-state index contributed by atoms with van der Waals surface area (Å²) in [6, 6.07) is 8.79. The number of nitrogens with zero attached hydrogens (tertiary/aromatic N) is 1. The Morgan fingerprint density at radius 2 is 2.00 bits per heavy atom. The van der Waals surface area contributed by atoms with Crippen LogP contribution in [0.15, 0.2) is 36.4 Å². The zero-order chi connectivity index (χ0) is 18.0. The lowest BCUT2D eigenvalue weighted by Crippen LogP contribution is -2.12. The van der Waals surface area contributed by atoms with Crippen molar-refractivity contribution in [2.45, 2.75) is 32.7 Å². The van der Waals surface area contributed by atoms with Crippen molar-refractivity contribution in [2.24, 2.45) is 0 Å². The predicted octanol–water partition coefficient (Wildman–Crippen LogP) is 3.52. The summed E-state index contributed by atoms with van der Waals surface area (Å²) in [5.74, 6) is 1.48. The number of aryl methyl sites for hydroxylation is 1. The molecule has 0 unspecified atom stereocenters. The van der Waals surface area contributed by atoms with E-state index in [0.29, 0.717) is 23.5 Å². The third-order valence-electron chi connectivity index (χ3n) is 4.49. The number of carboxylic acids is 1. The third-order valence-corrected chi connectivity index (χ3v) is 4.49. The van der Waals surface area contributed by atoms with Gasteiger partial charge in [0.05, 0.1) is 17.0 Å². The number of rotatable bonds is 6. The van der Waals surface area contributed by atoms with Gasteiger partial charge in [0, 0.05) is 17.7 Å². The number of carboxylic acid groups (broad SMARTS) is 1. The van der Waals surface area contributed by atoms with E-state index >= 15 is 0 Å². The molecule has 0 saturated heterocycles. The summed E-state index contributed by atoms with van der Waals surface area (Å²) in [6.45, 7) is 2.50. The van der Waals surface area contributed by atoms with Crippen LogP contribution in [0.5, 0.6) is 0 Å². The van der Waals surface area contributed by atoms with Crippen molar-refractivity contribution in [3.8, 4) is 12.3 Å². The highest BCUT2D eigenvalue weighted by Gasteiger charge is 2.28. The Labute approximate surface area is 146 Å². The van der Waals surface area contributed by atoms with Gasteiger partial charge in [-0.1, -0.05) is 19.3 Å². The zero-order valence-corrected chi connectivity index (χ0v) is 14.1. The molecule has 3 rings (SSSR count). The summed E-state index contributed by atoms with van der Waals surface area (Å²) >= 11 is 0. The average molecular weight is 333 g/mol. The summed E-state index contributed by atoms with van der Waals surface area (Å²) in [5, 5.41) is 9.36. The lowest BCUT2D eigenvalue weighted by molar-refractivity contribution is -0.130. The zero-order valence-electron chi connectivity index (χ0n) is 14.1. The molecule has 4 heteroatoms. The molecule has 1 aliphatic rings. The molecule has 0 fully saturated rings. The molecule has 0 bridgehead atoms. The minimum absolute atomic E-state index is 0.0963. The normalized spacial score (nSPS) is 12.4. The summed E-state index contributed by atoms with van der Waals surface area (Å²) in [4.78, 5) is 24.5. The number of hydrogen-bond donors (Lipinski definition) is 1. The molecule has 0 atom stereocenters. The maximum Gasteiger partial charge on any atom is 0.337 e. The van der Waals surface area contributed by atoms with Crippen LogP contribution in [0, 0.1) is 12.3 Å². The summed E-state index contributed by atoms with van der Waals surface area (Å²) < 4.78 is 1.81. The molecule has 25 heavy (non-hydrogen) atoms. The van der Waals surface area contributed by atoms with E-state index in [1.807, 2.05) is 10.6 Å². The number of carbonyl (C=O) groups is 2. The number of aromatic nitrogens is 1. The van der Waals surface area contributed by atoms with E-state index in [9.17, 15) is 14.7 Å². The fourth-order valence-corrected chi connectivity index (χ4v) is 3.18. The number of carbonyl (C=O) groups excluding carboxylic acids is 1. The largest absolute Gasteiger partial charge is 0.478 e. The van der Waals surface area contributed by atoms with Gasteiger partial charge in [0.25, 0.3) is 0 Å². The van der Waals surface area contributed by atoms with Crippen LogP contribution in [0.1, 0.15) is 52.6 Å². The monoisotopic (exact) mass is 333 g/mol. The van der Waals surface area contributed by atoms with E-state index in [2.05, 4.69) is 12.8 Å². The Morgan fingerprint density at radius 3 is 2.60 bits per heavy atom. The summed E-state index contributed by atoms with van der Waals surface area (Å²) in [6.07, 6.45) is 9.73. The number of ketones is 1. The molecule has 2 aromatic rings. The first kappa shape index (κ1) is 16.8. The average Bonchev–Trinajstić information content (AvgIpc) is 3.17. The van der Waals surface area contributed by atoms with E-state index in [0.717, 1.165) is 30.4 Å². The van der Waals surface area contributed by atoms with Crippen LogP contribution in [0.25, 0.3) is 5.57 Å². The molecule has 2 heterocycles. The second-order valence-corrected chi connectivity index (χ2v) is 6.09. The molecule has 126 valence electrons. The Bertz CT molecular complexity index is 908. The van der Waals surface area contributed by atoms with E-state index in [4.69, 9.17) is 6.42 Å². The molecule has 0 spiro atoms. The molecule has 1 aliphatic heterocycles. The smallest absolute Gasteiger partial charge is 0.337 e. The van der Waals surface area contributed by atoms with E-state index in [-0.39, 0.29) is 11.4 Å². The molecule has 0 radical (unpaired) electrons. The number of allylic oxidation sites excluding steroid dienone is 1. The van der Waals surface area contributed by atoms with E-state index in [1.54, 1.807) is 30.3 Å². The van der Waals surface area contributed by atoms with Crippen molar-refractivity contribution in [3.63, 3.8) is 0 Å². The summed E-state index contributed by atoms with van der Waals surface area (Å²) in [5.41, 5.74) is 3.65. The molecular formula is C21H19NO3. The maximum atomic E-state index is 13.1. The third kappa shape index (κ3) is 3.01. The Hall–Kier alpha value is -3.06. The van der Waals surface area contributed by atoms with E-state index in [1.165, 1.54) is 0 Å². The van der Waals surface area contributed by atoms with Gasteiger partial charge in [-0.2, -0.15) is 0 Å². The van der Waals surface area contributed by atoms with Crippen molar-refractivity contribution in [1.82, 2.24) is 4.57 Å². The van der Waals surface area contributed by atoms with Gasteiger partial charge in [0.1, 0.15) is 0 Å². The standard InChI is InChI=1S/C21H19NO3/c1-3-5-6-16-13-18-17(21(24)25)11-12-22(18)19(16)20(23)15-9-7-14(4-2)8-10-15/h2,7-11,13H,3,5-6,12H2,1H3,(H,24,25). The minimum atomic E-state index is -0.962. The van der Waals surface area contributed by atoms with Gasteiger partial charge in [0.15, 0.2) is 0 Å². The first-order valence-corrected chi connectivity index (χ1v) is 8.34. The number of aliphatic carboxylic acids is 1. The fraction of sp³-hybridized carbons (Fsp3) is 0.238. The molecule has 1 aromatic carbocycles. The number of terminal acetylenes is 1. The SMILES string of the molecule is C#Cc1ccc(C(=O)c2c(CCCC)cc3n2CC=C3C(=O)O)cc1. The van der Waals surface area contributed by atoms with Gasteiger partial charge in [-0.25, -0.2) is 4.79 Å². The van der Waals surface area contributed by atoms with Crippen molar-refractivity contribution >= 4 is 17.3 Å². The molecule has 0 amide bonds. The lowest BCUT2D eigenvalue weighted by Gasteiger charge is -2.09. The highest BCUT2D eigenvalue weighted by atomic mass is 16.4. The highest BCUT2D eigenvalue weighted by Crippen LogP contribution is 2.30. The highest BCUT2D eigenvalue weighted by molar-refractivity contribution is 6.17. The van der Waals surface area contributed by atoms with Gasteiger partial charge < -0.3 is 9.67 Å². The predicted molar refractivity (Wildman–Crippen MR) is 96.5 cm³/mol. The van der Waals surface area contributed by atoms with Crippen molar-refractivity contribution in [3.05, 3.63) is 64.5 Å². The maximum absolute atomic E-state index is 13.1. The number of unbranched alkanes of at least 4 members (excludes halogenated alkanes) is 1. The lowest BCUT2D eigenvalue weighted by atomic mass is 10.0. The van der Waals surface area contributed by atoms with Crippen LogP contribution in [0.3, 0.4) is 0 Å². The number of hydrogen-bond acceptors (Lipinski definition) is 2. The number of benzene rings is 1. The first-order valence-electron chi connectivity index (χ1n) is 8.34. The molecule has 0 saturated carbocycles. The quantitative estimate of drug-likeness (QED) is 0.650. The van der Waals surface area contributed by atoms with Gasteiger partial charge in [-0.05, 0) is 54.8 Å². The van der Waals surface area contributed by atoms with Gasteiger partial charge in [-0.3, -0.25) is 4.79 Å². The molecule has 4 nitrogen and oxygen atoms in total. The van der Waals surface area contributed by atoms with Crippen LogP contribution in [0.2, 0.25) is 0 Å². The van der Waals surface area contributed by atoms with Crippen LogP contribution >= 0.6 is 0 Å². The van der Waals surface area contributed by atoms with Crippen LogP contribution in [0.4, 0.5) is 0 Å². The van der Waals surface area contributed by atoms with Gasteiger partial charge in [0.2, 0.25) is 5.78 Å². The molecular weight excluding hydrogens is 314 g/mol. The van der Waals surface area contributed by atoms with Crippen molar-refractivity contribution in [2.75, 3.05) is 0 Å². The Kier molecular flexibility index (Phi) is 4.58. The second-order valence-electron chi connectivity index (χ2n) is 6.09.